The molecule has 92 valence electrons. The van der Waals surface area contributed by atoms with Gasteiger partial charge in [0.25, 0.3) is 0 Å². The highest BCUT2D eigenvalue weighted by Crippen LogP contribution is 2.25. The molecule has 0 radical (unpaired) electrons. The zero-order valence-corrected chi connectivity index (χ0v) is 10.7. The first kappa shape index (κ1) is 11.5. The predicted octanol–water partition coefficient (Wildman–Crippen LogP) is 3.54. The summed E-state index contributed by atoms with van der Waals surface area (Å²) in [7, 11) is 0. The highest BCUT2D eigenvalue weighted by molar-refractivity contribution is 5.80. The van der Waals surface area contributed by atoms with Crippen molar-refractivity contribution in [3.8, 4) is 17.5 Å². The van der Waals surface area contributed by atoms with Gasteiger partial charge in [-0.3, -0.25) is 0 Å². The van der Waals surface area contributed by atoms with Crippen LogP contribution in [0.1, 0.15) is 5.56 Å². The minimum atomic E-state index is 0.309. The average Bonchev–Trinajstić information content (AvgIpc) is 2.79. The van der Waals surface area contributed by atoms with Crippen molar-refractivity contribution >= 4 is 11.0 Å². The number of hydrogen-bond donors (Lipinski definition) is 0. The van der Waals surface area contributed by atoms with Crippen molar-refractivity contribution in [2.45, 2.75) is 13.5 Å². The summed E-state index contributed by atoms with van der Waals surface area (Å²) >= 11 is 0. The van der Waals surface area contributed by atoms with E-state index in [4.69, 9.17) is 5.26 Å². The molecule has 19 heavy (non-hydrogen) atoms. The van der Waals surface area contributed by atoms with Gasteiger partial charge in [-0.2, -0.15) is 5.26 Å². The van der Waals surface area contributed by atoms with Gasteiger partial charge in [0, 0.05) is 5.56 Å². The molecule has 1 aromatic heterocycles. The van der Waals surface area contributed by atoms with E-state index in [-0.39, 0.29) is 0 Å². The Morgan fingerprint density at radius 1 is 1.16 bits per heavy atom. The molecule has 0 saturated carbocycles. The summed E-state index contributed by atoms with van der Waals surface area (Å²) in [6.07, 6.45) is 0. The van der Waals surface area contributed by atoms with Crippen LogP contribution in [0.15, 0.2) is 48.5 Å². The zero-order valence-electron chi connectivity index (χ0n) is 10.7. The Kier molecular flexibility index (Phi) is 2.77. The molecular weight excluding hydrogens is 234 g/mol. The fourth-order valence-electron chi connectivity index (χ4n) is 2.31. The third-order valence-electron chi connectivity index (χ3n) is 3.16. The second-order valence-corrected chi connectivity index (χ2v) is 4.54. The summed E-state index contributed by atoms with van der Waals surface area (Å²) in [5.74, 6) is 0.853. The van der Waals surface area contributed by atoms with E-state index >= 15 is 0 Å². The molecule has 0 aliphatic rings. The lowest BCUT2D eigenvalue weighted by Gasteiger charge is -2.05. The van der Waals surface area contributed by atoms with Crippen molar-refractivity contribution in [1.82, 2.24) is 9.55 Å². The average molecular weight is 247 g/mol. The molecule has 1 heterocycles. The number of nitrogens with zero attached hydrogens (tertiary/aromatic N) is 3. The molecule has 3 heteroatoms. The Morgan fingerprint density at radius 3 is 2.79 bits per heavy atom. The van der Waals surface area contributed by atoms with Gasteiger partial charge in [0.05, 0.1) is 17.1 Å². The van der Waals surface area contributed by atoms with Crippen molar-refractivity contribution in [3.05, 3.63) is 54.1 Å². The minimum absolute atomic E-state index is 0.309. The van der Waals surface area contributed by atoms with Crippen molar-refractivity contribution < 1.29 is 0 Å². The number of aromatic nitrogens is 2. The highest BCUT2D eigenvalue weighted by Gasteiger charge is 2.11. The van der Waals surface area contributed by atoms with E-state index in [2.05, 4.69) is 30.1 Å². The highest BCUT2D eigenvalue weighted by atomic mass is 15.1. The van der Waals surface area contributed by atoms with Crippen LogP contribution >= 0.6 is 0 Å². The third kappa shape index (κ3) is 1.98. The second kappa shape index (κ2) is 4.58. The maximum Gasteiger partial charge on any atom is 0.142 e. The normalized spacial score (nSPS) is 10.5. The molecule has 3 nitrogen and oxygen atoms in total. The Bertz CT molecular complexity index is 778. The molecule has 0 saturated heterocycles. The van der Waals surface area contributed by atoms with Crippen molar-refractivity contribution in [2.24, 2.45) is 0 Å². The molecule has 3 rings (SSSR count). The fourth-order valence-corrected chi connectivity index (χ4v) is 2.31. The number of rotatable bonds is 2. The van der Waals surface area contributed by atoms with E-state index in [0.717, 1.165) is 22.4 Å². The van der Waals surface area contributed by atoms with E-state index in [1.165, 1.54) is 5.56 Å². The lowest BCUT2D eigenvalue weighted by Crippen LogP contribution is -1.98. The first-order valence-corrected chi connectivity index (χ1v) is 6.19. The number of imidazole rings is 1. The van der Waals surface area contributed by atoms with Crippen LogP contribution in [0, 0.1) is 18.3 Å². The molecule has 0 fully saturated rings. The molecule has 0 N–H and O–H groups in total. The fraction of sp³-hybridized carbons (Fsp3) is 0.125. The SMILES string of the molecule is Cc1cccc(-c2nc3ccccc3n2CC#N)c1. The minimum Gasteiger partial charge on any atom is -0.310 e. The smallest absolute Gasteiger partial charge is 0.142 e. The van der Waals surface area contributed by atoms with E-state index in [1.807, 2.05) is 41.0 Å². The van der Waals surface area contributed by atoms with Crippen LogP contribution < -0.4 is 0 Å². The van der Waals surface area contributed by atoms with Crippen LogP contribution in [0.4, 0.5) is 0 Å². The Morgan fingerprint density at radius 2 is 2.00 bits per heavy atom. The number of benzene rings is 2. The lowest BCUT2D eigenvalue weighted by atomic mass is 10.1. The van der Waals surface area contributed by atoms with Crippen LogP contribution in [0.2, 0.25) is 0 Å². The monoisotopic (exact) mass is 247 g/mol. The van der Waals surface area contributed by atoms with Crippen LogP contribution in [-0.4, -0.2) is 9.55 Å². The topological polar surface area (TPSA) is 41.6 Å². The number of para-hydroxylation sites is 2. The molecule has 0 aliphatic heterocycles. The van der Waals surface area contributed by atoms with Crippen molar-refractivity contribution in [1.29, 1.82) is 5.26 Å². The third-order valence-corrected chi connectivity index (χ3v) is 3.16. The molecular formula is C16H13N3. The first-order valence-electron chi connectivity index (χ1n) is 6.19. The second-order valence-electron chi connectivity index (χ2n) is 4.54. The van der Waals surface area contributed by atoms with E-state index < -0.39 is 0 Å². The zero-order chi connectivity index (χ0) is 13.2. The van der Waals surface area contributed by atoms with Gasteiger partial charge in [0.2, 0.25) is 0 Å². The maximum atomic E-state index is 9.02. The molecule has 0 unspecified atom stereocenters. The number of aryl methyl sites for hydroxylation is 1. The molecule has 2 aromatic carbocycles. The number of nitriles is 1. The summed E-state index contributed by atoms with van der Waals surface area (Å²) < 4.78 is 1.96. The molecule has 0 aliphatic carbocycles. The van der Waals surface area contributed by atoms with E-state index in [0.29, 0.717) is 6.54 Å². The quantitative estimate of drug-likeness (QED) is 0.695. The number of hydrogen-bond acceptors (Lipinski definition) is 2. The van der Waals surface area contributed by atoms with Gasteiger partial charge in [-0.25, -0.2) is 4.98 Å². The largest absolute Gasteiger partial charge is 0.310 e. The van der Waals surface area contributed by atoms with Crippen molar-refractivity contribution in [3.63, 3.8) is 0 Å². The van der Waals surface area contributed by atoms with Gasteiger partial charge in [-0.1, -0.05) is 35.9 Å². The Balaban J connectivity index is 2.28. The molecule has 0 bridgehead atoms. The molecule has 0 amide bonds. The van der Waals surface area contributed by atoms with Crippen molar-refractivity contribution in [2.75, 3.05) is 0 Å². The summed E-state index contributed by atoms with van der Waals surface area (Å²) in [5, 5.41) is 9.02. The molecule has 3 aromatic rings. The van der Waals surface area contributed by atoms with Gasteiger partial charge < -0.3 is 4.57 Å². The lowest BCUT2D eigenvalue weighted by molar-refractivity contribution is 0.870. The Hall–Kier alpha value is -2.60. The van der Waals surface area contributed by atoms with E-state index in [9.17, 15) is 0 Å². The predicted molar refractivity (Wildman–Crippen MR) is 75.5 cm³/mol. The molecule has 0 atom stereocenters. The summed E-state index contributed by atoms with van der Waals surface area (Å²) in [6.45, 7) is 2.37. The standard InChI is InChI=1S/C16H13N3/c1-12-5-4-6-13(11-12)16-18-14-7-2-3-8-15(14)19(16)10-9-17/h2-8,11H,10H2,1H3. The number of fused-ring (bicyclic) bond motifs is 1. The van der Waals surface area contributed by atoms with Gasteiger partial charge in [0.1, 0.15) is 12.4 Å². The van der Waals surface area contributed by atoms with Crippen LogP contribution in [0.3, 0.4) is 0 Å². The van der Waals surface area contributed by atoms with E-state index in [1.54, 1.807) is 0 Å². The van der Waals surface area contributed by atoms with Gasteiger partial charge >= 0.3 is 0 Å². The summed E-state index contributed by atoms with van der Waals surface area (Å²) in [6, 6.07) is 18.3. The molecule has 0 spiro atoms. The van der Waals surface area contributed by atoms with Crippen LogP contribution in [-0.2, 0) is 6.54 Å². The van der Waals surface area contributed by atoms with Gasteiger partial charge in [-0.05, 0) is 25.1 Å². The summed E-state index contributed by atoms with van der Waals surface area (Å²) in [5.41, 5.74) is 4.16. The Labute approximate surface area is 111 Å². The van der Waals surface area contributed by atoms with Gasteiger partial charge in [0.15, 0.2) is 0 Å². The first-order chi connectivity index (χ1) is 9.29. The van der Waals surface area contributed by atoms with Gasteiger partial charge in [-0.15, -0.1) is 0 Å². The summed E-state index contributed by atoms with van der Waals surface area (Å²) in [4.78, 5) is 4.65. The van der Waals surface area contributed by atoms with Crippen LogP contribution in [0.25, 0.3) is 22.4 Å². The van der Waals surface area contributed by atoms with Crippen LogP contribution in [0.5, 0.6) is 0 Å². The maximum absolute atomic E-state index is 9.02.